The Bertz CT molecular complexity index is 506. The Kier molecular flexibility index (Phi) is 38.4. The first kappa shape index (κ1) is 41.7. The van der Waals surface area contributed by atoms with Crippen LogP contribution in [0, 0.1) is 23.2 Å². The Balaban J connectivity index is -0.000000185. The average Bonchev–Trinajstić information content (AvgIpc) is 2.88. The molecule has 3 unspecified atom stereocenters. The zero-order valence-corrected chi connectivity index (χ0v) is 25.5. The van der Waals surface area contributed by atoms with Gasteiger partial charge in [0, 0.05) is 0 Å². The summed E-state index contributed by atoms with van der Waals surface area (Å²) in [4.78, 5) is 0. The monoisotopic (exact) mass is 461 g/mol. The second kappa shape index (κ2) is 30.4. The summed E-state index contributed by atoms with van der Waals surface area (Å²) in [5, 5.41) is 0. The summed E-state index contributed by atoms with van der Waals surface area (Å²) in [6, 6.07) is 0. The van der Waals surface area contributed by atoms with Gasteiger partial charge >= 0.3 is 0 Å². The molecule has 1 aliphatic rings. The minimum absolute atomic E-state index is 0.300. The van der Waals surface area contributed by atoms with Crippen LogP contribution in [-0.4, -0.2) is 0 Å². The number of hydrogen-bond acceptors (Lipinski definition) is 0. The number of hydrogen-bond donors (Lipinski definition) is 0. The first-order chi connectivity index (χ1) is 15.8. The summed E-state index contributed by atoms with van der Waals surface area (Å²) in [6.07, 6.45) is 18.0. The molecule has 0 heterocycles. The maximum Gasteiger partial charge on any atom is -0.00726 e. The van der Waals surface area contributed by atoms with E-state index in [1.165, 1.54) is 24.8 Å². The molecule has 0 bridgehead atoms. The molecule has 0 aliphatic heterocycles. The van der Waals surface area contributed by atoms with Crippen LogP contribution in [0.2, 0.25) is 0 Å². The second-order valence-electron chi connectivity index (χ2n) is 7.66. The van der Waals surface area contributed by atoms with Crippen molar-refractivity contribution in [2.45, 2.75) is 116 Å². The van der Waals surface area contributed by atoms with Gasteiger partial charge in [-0.2, -0.15) is 0 Å². The fourth-order valence-electron chi connectivity index (χ4n) is 4.02. The van der Waals surface area contributed by atoms with E-state index in [1.54, 1.807) is 17.7 Å². The minimum Gasteiger partial charge on any atom is -0.0991 e. The van der Waals surface area contributed by atoms with Crippen LogP contribution in [0.25, 0.3) is 0 Å². The summed E-state index contributed by atoms with van der Waals surface area (Å²) in [5.74, 6) is 2.32. The van der Waals surface area contributed by atoms with Gasteiger partial charge in [-0.3, -0.25) is 0 Å². The van der Waals surface area contributed by atoms with E-state index in [4.69, 9.17) is 0 Å². The van der Waals surface area contributed by atoms with E-state index in [0.717, 1.165) is 17.8 Å². The van der Waals surface area contributed by atoms with Crippen LogP contribution >= 0.6 is 0 Å². The Morgan fingerprint density at radius 1 is 0.818 bits per heavy atom. The number of rotatable bonds is 6. The Morgan fingerprint density at radius 3 is 1.58 bits per heavy atom. The summed E-state index contributed by atoms with van der Waals surface area (Å²) in [7, 11) is 0. The van der Waals surface area contributed by atoms with Crippen LogP contribution in [0.1, 0.15) is 116 Å². The fraction of sp³-hybridized carbons (Fsp3) is 0.636. The molecule has 0 amide bonds. The van der Waals surface area contributed by atoms with Gasteiger partial charge in [0.2, 0.25) is 0 Å². The minimum atomic E-state index is 0.300. The Morgan fingerprint density at radius 2 is 1.27 bits per heavy atom. The molecule has 1 saturated carbocycles. The molecular formula is C33H64. The van der Waals surface area contributed by atoms with Crippen molar-refractivity contribution in [2.75, 3.05) is 0 Å². The van der Waals surface area contributed by atoms with Crippen molar-refractivity contribution in [1.29, 1.82) is 0 Å². The molecule has 1 fully saturated rings. The standard InChI is InChI=1S/C21H34.C4H6.4C2H6/c1-8-11-12-18(10-3)21(7)14-13-19(16(4)5)20(15-21)17(6)9-2;1-3-4-2;4*1-2/h8-12,16,19-20H,1,13-15H2,2-7H3;3-4H,1-2H2;4*1-2H3/b12-11-,17-9+,18-10+;;;;;. The van der Waals surface area contributed by atoms with E-state index in [0.29, 0.717) is 5.41 Å². The lowest BCUT2D eigenvalue weighted by Crippen LogP contribution is -2.35. The van der Waals surface area contributed by atoms with E-state index < -0.39 is 0 Å². The number of allylic oxidation sites excluding steroid dienone is 9. The average molecular weight is 461 g/mol. The third kappa shape index (κ3) is 18.5. The smallest absolute Gasteiger partial charge is 0.00726 e. The molecule has 0 heteroatoms. The molecule has 0 N–H and O–H groups in total. The first-order valence-electron chi connectivity index (χ1n) is 13.6. The van der Waals surface area contributed by atoms with Crippen molar-refractivity contribution in [1.82, 2.24) is 0 Å². The van der Waals surface area contributed by atoms with Gasteiger partial charge in [-0.1, -0.05) is 144 Å². The molecule has 3 atom stereocenters. The van der Waals surface area contributed by atoms with E-state index >= 15 is 0 Å². The van der Waals surface area contributed by atoms with Crippen LogP contribution in [-0.2, 0) is 0 Å². The molecule has 1 rings (SSSR count). The van der Waals surface area contributed by atoms with Gasteiger partial charge in [0.05, 0.1) is 0 Å². The molecular weight excluding hydrogens is 396 g/mol. The van der Waals surface area contributed by atoms with Crippen LogP contribution in [0.5, 0.6) is 0 Å². The second-order valence-corrected chi connectivity index (χ2v) is 7.66. The van der Waals surface area contributed by atoms with E-state index in [-0.39, 0.29) is 0 Å². The molecule has 0 aromatic rings. The van der Waals surface area contributed by atoms with E-state index in [2.05, 4.69) is 85.6 Å². The molecule has 196 valence electrons. The predicted octanol–water partition coefficient (Wildman–Crippen LogP) is 12.2. The van der Waals surface area contributed by atoms with Crippen molar-refractivity contribution in [3.8, 4) is 0 Å². The molecule has 1 aliphatic carbocycles. The zero-order valence-electron chi connectivity index (χ0n) is 25.5. The van der Waals surface area contributed by atoms with Crippen LogP contribution in [0.3, 0.4) is 0 Å². The maximum absolute atomic E-state index is 3.80. The lowest BCUT2D eigenvalue weighted by Gasteiger charge is -2.46. The van der Waals surface area contributed by atoms with Gasteiger partial charge in [0.25, 0.3) is 0 Å². The Labute approximate surface area is 212 Å². The van der Waals surface area contributed by atoms with Gasteiger partial charge in [0.15, 0.2) is 0 Å². The SMILES string of the molecule is C=C/C=C\C(=C/C)C1(C)CCC(C(C)C)C(/C(C)=C/C)C1.C=CC=C.CC.CC.CC.CC. The normalized spacial score (nSPS) is 21.7. The van der Waals surface area contributed by atoms with Crippen LogP contribution in [0.15, 0.2) is 73.4 Å². The predicted molar refractivity (Wildman–Crippen MR) is 162 cm³/mol. The van der Waals surface area contributed by atoms with Crippen LogP contribution in [0.4, 0.5) is 0 Å². The molecule has 0 radical (unpaired) electrons. The highest BCUT2D eigenvalue weighted by Gasteiger charge is 2.40. The lowest BCUT2D eigenvalue weighted by atomic mass is 9.59. The van der Waals surface area contributed by atoms with E-state index in [9.17, 15) is 0 Å². The highest BCUT2D eigenvalue weighted by atomic mass is 14.4. The quantitative estimate of drug-likeness (QED) is 0.273. The van der Waals surface area contributed by atoms with Crippen molar-refractivity contribution in [3.63, 3.8) is 0 Å². The van der Waals surface area contributed by atoms with Crippen molar-refractivity contribution in [2.24, 2.45) is 23.2 Å². The molecule has 0 aromatic heterocycles. The van der Waals surface area contributed by atoms with Crippen molar-refractivity contribution in [3.05, 3.63) is 73.4 Å². The molecule has 0 saturated heterocycles. The van der Waals surface area contributed by atoms with E-state index in [1.807, 2.05) is 61.5 Å². The van der Waals surface area contributed by atoms with Crippen molar-refractivity contribution < 1.29 is 0 Å². The molecule has 0 aromatic carbocycles. The largest absolute Gasteiger partial charge is 0.0991 e. The molecule has 0 nitrogen and oxygen atoms in total. The summed E-state index contributed by atoms with van der Waals surface area (Å²) in [6.45, 7) is 40.4. The van der Waals surface area contributed by atoms with Gasteiger partial charge < -0.3 is 0 Å². The van der Waals surface area contributed by atoms with Gasteiger partial charge in [-0.15, -0.1) is 0 Å². The summed E-state index contributed by atoms with van der Waals surface area (Å²) in [5.41, 5.74) is 3.34. The fourth-order valence-corrected chi connectivity index (χ4v) is 4.02. The third-order valence-electron chi connectivity index (χ3n) is 5.70. The van der Waals surface area contributed by atoms with Gasteiger partial charge in [-0.05, 0) is 68.8 Å². The summed E-state index contributed by atoms with van der Waals surface area (Å²) >= 11 is 0. The third-order valence-corrected chi connectivity index (χ3v) is 5.70. The molecule has 0 spiro atoms. The summed E-state index contributed by atoms with van der Waals surface area (Å²) < 4.78 is 0. The lowest BCUT2D eigenvalue weighted by molar-refractivity contribution is 0.123. The zero-order chi connectivity index (χ0) is 27.5. The first-order valence-corrected chi connectivity index (χ1v) is 13.6. The van der Waals surface area contributed by atoms with Gasteiger partial charge in [-0.25, -0.2) is 0 Å². The Hall–Kier alpha value is -1.56. The highest BCUT2D eigenvalue weighted by Crippen LogP contribution is 2.51. The molecule has 33 heavy (non-hydrogen) atoms. The highest BCUT2D eigenvalue weighted by molar-refractivity contribution is 5.29. The van der Waals surface area contributed by atoms with Gasteiger partial charge in [0.1, 0.15) is 0 Å². The van der Waals surface area contributed by atoms with Crippen molar-refractivity contribution >= 4 is 0 Å². The maximum atomic E-state index is 3.80. The van der Waals surface area contributed by atoms with Crippen LogP contribution < -0.4 is 0 Å². The topological polar surface area (TPSA) is 0 Å².